The van der Waals surface area contributed by atoms with E-state index in [1.165, 1.54) is 0 Å². The van der Waals surface area contributed by atoms with E-state index >= 15 is 0 Å². The Morgan fingerprint density at radius 2 is 0.971 bits per heavy atom. The van der Waals surface area contributed by atoms with Crippen LogP contribution in [0.15, 0.2) is 121 Å². The Morgan fingerprint density at radius 3 is 1.63 bits per heavy atom. The minimum absolute atomic E-state index is 0.635. The van der Waals surface area contributed by atoms with Crippen LogP contribution in [0.2, 0.25) is 0 Å². The van der Waals surface area contributed by atoms with E-state index in [0.29, 0.717) is 17.3 Å². The average Bonchev–Trinajstić information content (AvgIpc) is 3.40. The van der Waals surface area contributed by atoms with Crippen molar-refractivity contribution in [2.24, 2.45) is 0 Å². The molecule has 2 aromatic carbocycles. The minimum Gasteiger partial charge on any atom is -0.272 e. The highest BCUT2D eigenvalue weighted by Gasteiger charge is 2.20. The van der Waals surface area contributed by atoms with Crippen LogP contribution in [0.4, 0.5) is 0 Å². The molecule has 6 rings (SSSR count). The van der Waals surface area contributed by atoms with Crippen LogP contribution < -0.4 is 0 Å². The fourth-order valence-corrected chi connectivity index (χ4v) is 3.98. The first-order valence-corrected chi connectivity index (χ1v) is 11.3. The maximum absolute atomic E-state index is 4.92. The lowest BCUT2D eigenvalue weighted by Gasteiger charge is -2.11. The van der Waals surface area contributed by atoms with Crippen molar-refractivity contribution < 1.29 is 0 Å². The summed E-state index contributed by atoms with van der Waals surface area (Å²) in [7, 11) is 0. The van der Waals surface area contributed by atoms with Crippen LogP contribution in [0.25, 0.3) is 51.4 Å². The molecule has 0 aliphatic carbocycles. The third kappa shape index (κ3) is 4.09. The van der Waals surface area contributed by atoms with Gasteiger partial charge in [0.25, 0.3) is 0 Å². The molecule has 4 aromatic heterocycles. The lowest BCUT2D eigenvalue weighted by atomic mass is 10.1. The second-order valence-corrected chi connectivity index (χ2v) is 7.92. The third-order valence-corrected chi connectivity index (χ3v) is 5.63. The van der Waals surface area contributed by atoms with Crippen LogP contribution >= 0.6 is 0 Å². The number of pyridine rings is 3. The zero-order valence-corrected chi connectivity index (χ0v) is 18.7. The van der Waals surface area contributed by atoms with Gasteiger partial charge in [0.2, 0.25) is 0 Å². The molecule has 35 heavy (non-hydrogen) atoms. The molecule has 0 N–H and O–H groups in total. The molecular weight excluding hydrogens is 432 g/mol. The summed E-state index contributed by atoms with van der Waals surface area (Å²) in [6, 6.07) is 37.7. The van der Waals surface area contributed by atoms with Gasteiger partial charge in [0.15, 0.2) is 11.6 Å². The summed E-state index contributed by atoms with van der Waals surface area (Å²) in [5.74, 6) is 1.28. The summed E-state index contributed by atoms with van der Waals surface area (Å²) in [6.45, 7) is 0. The van der Waals surface area contributed by atoms with E-state index in [1.54, 1.807) is 6.20 Å². The van der Waals surface area contributed by atoms with Gasteiger partial charge in [0.05, 0.1) is 17.1 Å². The summed E-state index contributed by atoms with van der Waals surface area (Å²) in [5.41, 5.74) is 5.87. The van der Waals surface area contributed by atoms with Gasteiger partial charge in [0.1, 0.15) is 11.4 Å². The number of para-hydroxylation sites is 1. The predicted molar refractivity (Wildman–Crippen MR) is 136 cm³/mol. The first-order valence-electron chi connectivity index (χ1n) is 11.3. The van der Waals surface area contributed by atoms with E-state index in [1.807, 2.05) is 120 Å². The van der Waals surface area contributed by atoms with Crippen molar-refractivity contribution in [3.05, 3.63) is 121 Å². The van der Waals surface area contributed by atoms with Gasteiger partial charge in [-0.05, 0) is 48.5 Å². The van der Waals surface area contributed by atoms with Crippen molar-refractivity contribution in [2.45, 2.75) is 0 Å². The zero-order chi connectivity index (χ0) is 23.5. The Hall–Kier alpha value is -4.97. The van der Waals surface area contributed by atoms with Crippen LogP contribution in [-0.4, -0.2) is 29.7 Å². The van der Waals surface area contributed by atoms with E-state index in [2.05, 4.69) is 15.2 Å². The van der Waals surface area contributed by atoms with Crippen LogP contribution in [0.3, 0.4) is 0 Å². The van der Waals surface area contributed by atoms with Gasteiger partial charge in [-0.25, -0.2) is 9.97 Å². The molecule has 0 saturated carbocycles. The zero-order valence-electron chi connectivity index (χ0n) is 18.7. The van der Waals surface area contributed by atoms with Crippen LogP contribution in [0.5, 0.6) is 0 Å². The van der Waals surface area contributed by atoms with Crippen molar-refractivity contribution in [2.75, 3.05) is 0 Å². The molecule has 0 amide bonds. The van der Waals surface area contributed by atoms with Crippen molar-refractivity contribution in [1.82, 2.24) is 29.7 Å². The maximum Gasteiger partial charge on any atom is 0.187 e. The SMILES string of the molecule is c1ccc(-c2cccc(-c3nnc(-c4cccc(-c5ccccn5)n4)n3-c3ccccc3)n2)cc1. The maximum atomic E-state index is 4.92. The molecule has 4 heterocycles. The Kier molecular flexibility index (Phi) is 5.37. The topological polar surface area (TPSA) is 69.4 Å². The highest BCUT2D eigenvalue weighted by Crippen LogP contribution is 2.29. The van der Waals surface area contributed by atoms with Gasteiger partial charge in [-0.15, -0.1) is 10.2 Å². The van der Waals surface area contributed by atoms with Crippen LogP contribution in [0.1, 0.15) is 0 Å². The lowest BCUT2D eigenvalue weighted by molar-refractivity contribution is 1.05. The summed E-state index contributed by atoms with van der Waals surface area (Å²) in [6.07, 6.45) is 1.76. The summed E-state index contributed by atoms with van der Waals surface area (Å²) >= 11 is 0. The Bertz CT molecular complexity index is 1480. The van der Waals surface area contributed by atoms with Crippen molar-refractivity contribution in [1.29, 1.82) is 0 Å². The van der Waals surface area contributed by atoms with Gasteiger partial charge in [-0.2, -0.15) is 0 Å². The van der Waals surface area contributed by atoms with E-state index in [9.17, 15) is 0 Å². The van der Waals surface area contributed by atoms with Crippen LogP contribution in [0, 0.1) is 0 Å². The van der Waals surface area contributed by atoms with Gasteiger partial charge in [-0.3, -0.25) is 9.55 Å². The molecule has 0 aliphatic heterocycles. The highest BCUT2D eigenvalue weighted by atomic mass is 15.3. The van der Waals surface area contributed by atoms with Gasteiger partial charge in [0, 0.05) is 17.4 Å². The largest absolute Gasteiger partial charge is 0.272 e. The van der Waals surface area contributed by atoms with E-state index in [-0.39, 0.29) is 0 Å². The molecule has 6 nitrogen and oxygen atoms in total. The molecule has 0 atom stereocenters. The van der Waals surface area contributed by atoms with Gasteiger partial charge in [-0.1, -0.05) is 66.7 Å². The second kappa shape index (κ2) is 9.11. The van der Waals surface area contributed by atoms with Gasteiger partial charge >= 0.3 is 0 Å². The molecule has 0 radical (unpaired) electrons. The molecule has 0 saturated heterocycles. The Balaban J connectivity index is 1.51. The number of hydrogen-bond donors (Lipinski definition) is 0. The average molecular weight is 453 g/mol. The van der Waals surface area contributed by atoms with Crippen molar-refractivity contribution >= 4 is 0 Å². The Labute approximate surface area is 202 Å². The monoisotopic (exact) mass is 452 g/mol. The number of rotatable bonds is 5. The Morgan fingerprint density at radius 1 is 0.429 bits per heavy atom. The standard InChI is InChI=1S/C29H20N6/c1-3-11-21(12-4-1)23-16-9-18-26(31-23)28-33-34-29(35(28)22-13-5-2-6-14-22)27-19-10-17-25(32-27)24-15-7-8-20-30-24/h1-20H. The first kappa shape index (κ1) is 20.6. The number of aromatic nitrogens is 6. The smallest absolute Gasteiger partial charge is 0.187 e. The molecule has 0 fully saturated rings. The van der Waals surface area contributed by atoms with E-state index in [4.69, 9.17) is 9.97 Å². The van der Waals surface area contributed by atoms with E-state index < -0.39 is 0 Å². The number of hydrogen-bond acceptors (Lipinski definition) is 5. The fraction of sp³-hybridized carbons (Fsp3) is 0. The molecule has 6 heteroatoms. The van der Waals surface area contributed by atoms with Crippen molar-refractivity contribution in [3.63, 3.8) is 0 Å². The first-order chi connectivity index (χ1) is 17.4. The third-order valence-electron chi connectivity index (χ3n) is 5.63. The molecule has 6 aromatic rings. The van der Waals surface area contributed by atoms with Crippen molar-refractivity contribution in [3.8, 4) is 51.4 Å². The van der Waals surface area contributed by atoms with Gasteiger partial charge < -0.3 is 0 Å². The summed E-state index contributed by atoms with van der Waals surface area (Å²) < 4.78 is 2.00. The summed E-state index contributed by atoms with van der Waals surface area (Å²) in [5, 5.41) is 9.14. The molecule has 0 unspecified atom stereocenters. The molecule has 166 valence electrons. The predicted octanol–water partition coefficient (Wildman–Crippen LogP) is 6.12. The normalized spacial score (nSPS) is 10.9. The minimum atomic E-state index is 0.635. The number of nitrogens with zero attached hydrogens (tertiary/aromatic N) is 6. The fourth-order valence-electron chi connectivity index (χ4n) is 3.98. The molecular formula is C29H20N6. The van der Waals surface area contributed by atoms with Crippen LogP contribution in [-0.2, 0) is 0 Å². The highest BCUT2D eigenvalue weighted by molar-refractivity contribution is 5.68. The second-order valence-electron chi connectivity index (χ2n) is 7.92. The molecule has 0 bridgehead atoms. The summed E-state index contributed by atoms with van der Waals surface area (Å²) in [4.78, 5) is 14.2. The molecule has 0 spiro atoms. The number of benzene rings is 2. The quantitative estimate of drug-likeness (QED) is 0.315. The molecule has 0 aliphatic rings. The van der Waals surface area contributed by atoms with E-state index in [0.717, 1.165) is 34.0 Å². The lowest BCUT2D eigenvalue weighted by Crippen LogP contribution is -2.02.